The molecule has 1 aliphatic heterocycles. The fourth-order valence-electron chi connectivity index (χ4n) is 4.50. The highest BCUT2D eigenvalue weighted by molar-refractivity contribution is 5.72. The van der Waals surface area contributed by atoms with E-state index in [0.717, 1.165) is 35.9 Å². The molecule has 2 aromatic heterocycles. The van der Waals surface area contributed by atoms with Gasteiger partial charge in [0.25, 0.3) is 0 Å². The van der Waals surface area contributed by atoms with E-state index in [2.05, 4.69) is 64.8 Å². The average Bonchev–Trinajstić information content (AvgIpc) is 3.19. The lowest BCUT2D eigenvalue weighted by Gasteiger charge is -2.51. The second-order valence-corrected chi connectivity index (χ2v) is 9.23. The van der Waals surface area contributed by atoms with Gasteiger partial charge in [-0.25, -0.2) is 4.98 Å². The Morgan fingerprint density at radius 1 is 1.19 bits per heavy atom. The summed E-state index contributed by atoms with van der Waals surface area (Å²) in [4.78, 5) is 12.2. The number of aromatic nitrogens is 4. The number of hydrogen-bond donors (Lipinski definition) is 2. The van der Waals surface area contributed by atoms with E-state index in [-0.39, 0.29) is 11.3 Å². The minimum atomic E-state index is 0.130. The fraction of sp³-hybridized carbons (Fsp3) is 0.458. The third-order valence-corrected chi connectivity index (χ3v) is 7.20. The van der Waals surface area contributed by atoms with E-state index in [0.29, 0.717) is 23.2 Å². The van der Waals surface area contributed by atoms with Crippen molar-refractivity contribution in [2.75, 3.05) is 25.5 Å². The Bertz CT molecular complexity index is 1060. The fourth-order valence-corrected chi connectivity index (χ4v) is 4.50. The largest absolute Gasteiger partial charge is 0.507 e. The van der Waals surface area contributed by atoms with Gasteiger partial charge in [-0.3, -0.25) is 0 Å². The summed E-state index contributed by atoms with van der Waals surface area (Å²) in [5, 5.41) is 19.5. The smallest absolute Gasteiger partial charge is 0.151 e. The number of rotatable bonds is 4. The molecule has 0 bridgehead atoms. The van der Waals surface area contributed by atoms with Gasteiger partial charge in [0.1, 0.15) is 11.6 Å². The molecule has 0 radical (unpaired) electrons. The average molecular weight is 421 g/mol. The van der Waals surface area contributed by atoms with Gasteiger partial charge >= 0.3 is 0 Å². The number of piperidine rings is 1. The Hall–Kier alpha value is -2.93. The van der Waals surface area contributed by atoms with Crippen LogP contribution in [-0.4, -0.2) is 62.4 Å². The summed E-state index contributed by atoms with van der Waals surface area (Å²) in [6, 6.07) is 9.81. The monoisotopic (exact) mass is 420 g/mol. The van der Waals surface area contributed by atoms with Gasteiger partial charge in [0.15, 0.2) is 5.82 Å². The Labute approximate surface area is 184 Å². The van der Waals surface area contributed by atoms with Crippen LogP contribution in [0.3, 0.4) is 0 Å². The minimum absolute atomic E-state index is 0.130. The van der Waals surface area contributed by atoms with Crippen molar-refractivity contribution in [3.05, 3.63) is 42.2 Å². The molecular weight excluding hydrogens is 388 g/mol. The summed E-state index contributed by atoms with van der Waals surface area (Å²) in [5.41, 5.74) is 3.17. The zero-order valence-electron chi connectivity index (χ0n) is 19.2. The van der Waals surface area contributed by atoms with E-state index in [4.69, 9.17) is 0 Å². The highest BCUT2D eigenvalue weighted by Crippen LogP contribution is 2.36. The van der Waals surface area contributed by atoms with Gasteiger partial charge < -0.3 is 19.9 Å². The van der Waals surface area contributed by atoms with Crippen molar-refractivity contribution < 1.29 is 5.11 Å². The van der Waals surface area contributed by atoms with Crippen molar-refractivity contribution in [1.82, 2.24) is 25.1 Å². The molecule has 0 aliphatic carbocycles. The van der Waals surface area contributed by atoms with Crippen LogP contribution < -0.4 is 4.90 Å². The van der Waals surface area contributed by atoms with Crippen molar-refractivity contribution >= 4 is 5.82 Å². The molecule has 0 spiro atoms. The number of benzene rings is 1. The first-order valence-corrected chi connectivity index (χ1v) is 10.8. The van der Waals surface area contributed by atoms with Gasteiger partial charge in [-0.05, 0) is 64.4 Å². The number of aryl methyl sites for hydroxylation is 1. The predicted octanol–water partition coefficient (Wildman–Crippen LogP) is 4.10. The number of likely N-dealkylation sites (tertiary alicyclic amines) is 1. The number of H-pyrrole nitrogens is 1. The molecule has 3 aromatic rings. The lowest BCUT2D eigenvalue weighted by atomic mass is 9.77. The molecule has 4 rings (SSSR count). The quantitative estimate of drug-likeness (QED) is 0.661. The number of hydrogen-bond acceptors (Lipinski definition) is 6. The molecule has 0 saturated carbocycles. The van der Waals surface area contributed by atoms with Crippen LogP contribution in [0.2, 0.25) is 0 Å². The first-order chi connectivity index (χ1) is 14.7. The molecule has 1 aromatic carbocycles. The van der Waals surface area contributed by atoms with Crippen molar-refractivity contribution in [2.45, 2.75) is 45.7 Å². The number of phenolic OH excluding ortho intramolecular Hbond substituents is 1. The van der Waals surface area contributed by atoms with Crippen LogP contribution in [0.4, 0.5) is 5.82 Å². The lowest BCUT2D eigenvalue weighted by molar-refractivity contribution is 0.0391. The summed E-state index contributed by atoms with van der Waals surface area (Å²) in [6.07, 6.45) is 2.93. The molecule has 2 unspecified atom stereocenters. The maximum Gasteiger partial charge on any atom is 0.151 e. The maximum absolute atomic E-state index is 10.6. The minimum Gasteiger partial charge on any atom is -0.507 e. The molecule has 3 heterocycles. The molecular formula is C24H32N6O. The first-order valence-electron chi connectivity index (χ1n) is 10.8. The third-order valence-electron chi connectivity index (χ3n) is 7.20. The SMILES string of the molecule is Cc1c[nH]c(-c2ccc(-c3ccc(N(C)C4CCN(C)C(C)(C)C4C)nn3)c(O)c2)n1. The Morgan fingerprint density at radius 2 is 1.97 bits per heavy atom. The summed E-state index contributed by atoms with van der Waals surface area (Å²) in [6.45, 7) is 9.92. The van der Waals surface area contributed by atoms with E-state index < -0.39 is 0 Å². The molecule has 1 aliphatic rings. The van der Waals surface area contributed by atoms with Crippen LogP contribution in [0.25, 0.3) is 22.6 Å². The highest BCUT2D eigenvalue weighted by atomic mass is 16.3. The van der Waals surface area contributed by atoms with E-state index in [1.54, 1.807) is 6.07 Å². The van der Waals surface area contributed by atoms with Crippen LogP contribution in [-0.2, 0) is 0 Å². The van der Waals surface area contributed by atoms with Crippen LogP contribution in [0, 0.1) is 12.8 Å². The predicted molar refractivity (Wildman–Crippen MR) is 124 cm³/mol. The number of aromatic amines is 1. The zero-order chi connectivity index (χ0) is 22.3. The lowest BCUT2D eigenvalue weighted by Crippen LogP contribution is -2.59. The summed E-state index contributed by atoms with van der Waals surface area (Å²) in [5.74, 6) is 2.23. The standard InChI is InChI=1S/C24H32N6O/c1-15-14-25-23(26-15)17-7-8-18(21(31)13-17)19-9-10-22(28-27-19)30(6)20-11-12-29(5)24(3,4)16(20)2/h7-10,13-14,16,20,31H,11-12H2,1-6H3,(H,25,26). The molecule has 164 valence electrons. The second kappa shape index (κ2) is 7.96. The van der Waals surface area contributed by atoms with Crippen LogP contribution >= 0.6 is 0 Å². The van der Waals surface area contributed by atoms with Crippen molar-refractivity contribution in [2.24, 2.45) is 5.92 Å². The van der Waals surface area contributed by atoms with Gasteiger partial charge in [0.05, 0.1) is 11.4 Å². The Morgan fingerprint density at radius 3 is 2.58 bits per heavy atom. The molecule has 31 heavy (non-hydrogen) atoms. The number of nitrogens with one attached hydrogen (secondary N) is 1. The Kier molecular flexibility index (Phi) is 5.47. The molecule has 7 heteroatoms. The van der Waals surface area contributed by atoms with E-state index in [1.807, 2.05) is 37.4 Å². The van der Waals surface area contributed by atoms with Gasteiger partial charge in [-0.15, -0.1) is 10.2 Å². The highest BCUT2D eigenvalue weighted by Gasteiger charge is 2.41. The molecule has 7 nitrogen and oxygen atoms in total. The molecule has 1 fully saturated rings. The van der Waals surface area contributed by atoms with Gasteiger partial charge in [0, 0.05) is 42.5 Å². The number of aromatic hydroxyl groups is 1. The van der Waals surface area contributed by atoms with Crippen LogP contribution in [0.15, 0.2) is 36.5 Å². The van der Waals surface area contributed by atoms with E-state index in [1.165, 1.54) is 0 Å². The molecule has 1 saturated heterocycles. The van der Waals surface area contributed by atoms with E-state index >= 15 is 0 Å². The molecule has 0 amide bonds. The van der Waals surface area contributed by atoms with Gasteiger partial charge in [-0.2, -0.15) is 0 Å². The van der Waals surface area contributed by atoms with Crippen molar-refractivity contribution in [3.8, 4) is 28.4 Å². The number of phenols is 1. The summed E-state index contributed by atoms with van der Waals surface area (Å²) >= 11 is 0. The van der Waals surface area contributed by atoms with E-state index in [9.17, 15) is 5.11 Å². The van der Waals surface area contributed by atoms with Gasteiger partial charge in [-0.1, -0.05) is 13.0 Å². The third kappa shape index (κ3) is 3.90. The molecule has 2 atom stereocenters. The summed E-state index contributed by atoms with van der Waals surface area (Å²) < 4.78 is 0. The second-order valence-electron chi connectivity index (χ2n) is 9.23. The van der Waals surface area contributed by atoms with Crippen molar-refractivity contribution in [3.63, 3.8) is 0 Å². The number of imidazole rings is 1. The topological polar surface area (TPSA) is 81.2 Å². The van der Waals surface area contributed by atoms with Crippen LogP contribution in [0.1, 0.15) is 32.9 Å². The number of anilines is 1. The van der Waals surface area contributed by atoms with Crippen LogP contribution in [0.5, 0.6) is 5.75 Å². The summed E-state index contributed by atoms with van der Waals surface area (Å²) in [7, 11) is 4.30. The zero-order valence-corrected chi connectivity index (χ0v) is 19.2. The maximum atomic E-state index is 10.6. The van der Waals surface area contributed by atoms with Gasteiger partial charge in [0.2, 0.25) is 0 Å². The van der Waals surface area contributed by atoms with Crippen molar-refractivity contribution in [1.29, 1.82) is 0 Å². The Balaban J connectivity index is 1.54. The first kappa shape index (κ1) is 21.3. The number of nitrogens with zero attached hydrogens (tertiary/aromatic N) is 5. The molecule has 2 N–H and O–H groups in total. The normalized spacial score (nSPS) is 21.2.